The summed E-state index contributed by atoms with van der Waals surface area (Å²) in [4.78, 5) is 14.6. The molecular weight excluding hydrogens is 322 g/mol. The van der Waals surface area contributed by atoms with Crippen LogP contribution in [0.2, 0.25) is 0 Å². The summed E-state index contributed by atoms with van der Waals surface area (Å²) in [6.07, 6.45) is 3.12. The molecule has 0 aromatic heterocycles. The van der Waals surface area contributed by atoms with Crippen molar-refractivity contribution in [1.29, 1.82) is 0 Å². The van der Waals surface area contributed by atoms with Crippen LogP contribution in [0, 0.1) is 5.92 Å². The molecule has 3 heteroatoms. The lowest BCUT2D eigenvalue weighted by molar-refractivity contribution is -0.131. The second-order valence-electron chi connectivity index (χ2n) is 7.77. The van der Waals surface area contributed by atoms with Crippen LogP contribution >= 0.6 is 0 Å². The normalized spacial score (nSPS) is 27.7. The molecule has 1 saturated heterocycles. The van der Waals surface area contributed by atoms with Crippen LogP contribution in [0.4, 0.5) is 0 Å². The third kappa shape index (κ3) is 3.16. The molecule has 0 unspecified atom stereocenters. The predicted molar refractivity (Wildman–Crippen MR) is 103 cm³/mol. The van der Waals surface area contributed by atoms with E-state index in [1.165, 1.54) is 11.1 Å². The lowest BCUT2D eigenvalue weighted by Gasteiger charge is -2.40. The van der Waals surface area contributed by atoms with Crippen molar-refractivity contribution in [2.24, 2.45) is 5.92 Å². The van der Waals surface area contributed by atoms with E-state index in [1.54, 1.807) is 6.92 Å². The third-order valence-electron chi connectivity index (χ3n) is 6.34. The molecule has 0 radical (unpaired) electrons. The fourth-order valence-electron chi connectivity index (χ4n) is 5.02. The van der Waals surface area contributed by atoms with Gasteiger partial charge < -0.3 is 9.64 Å². The molecule has 1 saturated carbocycles. The lowest BCUT2D eigenvalue weighted by atomic mass is 9.69. The first-order chi connectivity index (χ1) is 12.7. The average molecular weight is 349 g/mol. The number of amides is 1. The van der Waals surface area contributed by atoms with E-state index >= 15 is 0 Å². The summed E-state index contributed by atoms with van der Waals surface area (Å²) in [5.41, 5.74) is 2.76. The summed E-state index contributed by atoms with van der Waals surface area (Å²) >= 11 is 0. The highest BCUT2D eigenvalue weighted by atomic mass is 16.5. The van der Waals surface area contributed by atoms with Gasteiger partial charge in [-0.1, -0.05) is 60.7 Å². The standard InChI is InChI=1S/C23H27NO2/c1-18(25)24(16-19-8-4-2-5-9-19)22-14-21-17-26-13-12-23(21,15-22)20-10-6-3-7-11-20/h2-11,21-22H,12-17H2,1H3/t21-,22-,23-/m1/s1. The van der Waals surface area contributed by atoms with E-state index in [1.807, 2.05) is 18.2 Å². The molecule has 3 nitrogen and oxygen atoms in total. The smallest absolute Gasteiger partial charge is 0.219 e. The number of hydrogen-bond acceptors (Lipinski definition) is 2. The molecule has 1 aliphatic heterocycles. The quantitative estimate of drug-likeness (QED) is 0.829. The molecular formula is C23H27NO2. The van der Waals surface area contributed by atoms with Crippen LogP contribution in [0.25, 0.3) is 0 Å². The molecule has 0 N–H and O–H groups in total. The monoisotopic (exact) mass is 349 g/mol. The van der Waals surface area contributed by atoms with Gasteiger partial charge in [0.1, 0.15) is 0 Å². The second kappa shape index (κ2) is 7.24. The topological polar surface area (TPSA) is 29.5 Å². The maximum atomic E-state index is 12.5. The van der Waals surface area contributed by atoms with Crippen molar-refractivity contribution in [3.05, 3.63) is 71.8 Å². The Morgan fingerprint density at radius 1 is 1.12 bits per heavy atom. The van der Waals surface area contributed by atoms with Gasteiger partial charge in [0.05, 0.1) is 6.61 Å². The lowest BCUT2D eigenvalue weighted by Crippen LogP contribution is -2.40. The van der Waals surface area contributed by atoms with Crippen LogP contribution in [-0.4, -0.2) is 30.1 Å². The van der Waals surface area contributed by atoms with Crippen molar-refractivity contribution in [1.82, 2.24) is 4.90 Å². The fourth-order valence-corrected chi connectivity index (χ4v) is 5.02. The van der Waals surface area contributed by atoms with Gasteiger partial charge in [0.25, 0.3) is 0 Å². The van der Waals surface area contributed by atoms with Gasteiger partial charge in [-0.3, -0.25) is 4.79 Å². The van der Waals surface area contributed by atoms with E-state index in [2.05, 4.69) is 47.4 Å². The Kier molecular flexibility index (Phi) is 4.82. The molecule has 1 amide bonds. The van der Waals surface area contributed by atoms with E-state index in [-0.39, 0.29) is 17.4 Å². The summed E-state index contributed by atoms with van der Waals surface area (Å²) in [6.45, 7) is 4.02. The Morgan fingerprint density at radius 3 is 2.50 bits per heavy atom. The van der Waals surface area contributed by atoms with E-state index in [0.717, 1.165) is 32.5 Å². The Balaban J connectivity index is 1.62. The van der Waals surface area contributed by atoms with Crippen molar-refractivity contribution in [3.63, 3.8) is 0 Å². The molecule has 1 aliphatic carbocycles. The summed E-state index contributed by atoms with van der Waals surface area (Å²) in [7, 11) is 0. The van der Waals surface area contributed by atoms with Gasteiger partial charge in [0, 0.05) is 31.5 Å². The number of rotatable bonds is 4. The molecule has 2 aliphatic rings. The molecule has 136 valence electrons. The second-order valence-corrected chi connectivity index (χ2v) is 7.77. The highest BCUT2D eigenvalue weighted by Crippen LogP contribution is 2.51. The molecule has 2 aromatic rings. The highest BCUT2D eigenvalue weighted by Gasteiger charge is 2.51. The SMILES string of the molecule is CC(=O)N(Cc1ccccc1)[C@@H]1C[C@@H]2COCC[C@]2(c2ccccc2)C1. The number of carbonyl (C=O) groups is 1. The molecule has 2 aromatic carbocycles. The minimum atomic E-state index is 0.147. The maximum absolute atomic E-state index is 12.5. The number of nitrogens with zero attached hydrogens (tertiary/aromatic N) is 1. The average Bonchev–Trinajstić information content (AvgIpc) is 3.08. The Morgan fingerprint density at radius 2 is 1.81 bits per heavy atom. The molecule has 2 fully saturated rings. The van der Waals surface area contributed by atoms with Crippen LogP contribution in [0.15, 0.2) is 60.7 Å². The number of benzene rings is 2. The molecule has 0 bridgehead atoms. The van der Waals surface area contributed by atoms with Gasteiger partial charge in [0.15, 0.2) is 0 Å². The predicted octanol–water partition coefficient (Wildman–Crippen LogP) is 4.17. The van der Waals surface area contributed by atoms with Crippen LogP contribution < -0.4 is 0 Å². The van der Waals surface area contributed by atoms with Crippen LogP contribution in [0.3, 0.4) is 0 Å². The van der Waals surface area contributed by atoms with Crippen LogP contribution in [0.5, 0.6) is 0 Å². The zero-order chi connectivity index (χ0) is 18.0. The largest absolute Gasteiger partial charge is 0.381 e. The van der Waals surface area contributed by atoms with Crippen LogP contribution in [0.1, 0.15) is 37.3 Å². The number of hydrogen-bond donors (Lipinski definition) is 0. The molecule has 3 atom stereocenters. The summed E-state index contributed by atoms with van der Waals surface area (Å²) < 4.78 is 5.83. The maximum Gasteiger partial charge on any atom is 0.219 e. The van der Waals surface area contributed by atoms with Crippen molar-refractivity contribution < 1.29 is 9.53 Å². The van der Waals surface area contributed by atoms with E-state index in [0.29, 0.717) is 12.5 Å². The number of carbonyl (C=O) groups excluding carboxylic acids is 1. The zero-order valence-corrected chi connectivity index (χ0v) is 15.4. The Bertz CT molecular complexity index is 745. The molecule has 26 heavy (non-hydrogen) atoms. The first-order valence-corrected chi connectivity index (χ1v) is 9.63. The fraction of sp³-hybridized carbons (Fsp3) is 0.435. The summed E-state index contributed by atoms with van der Waals surface area (Å²) in [5, 5.41) is 0. The highest BCUT2D eigenvalue weighted by molar-refractivity contribution is 5.73. The van der Waals surface area contributed by atoms with Gasteiger partial charge in [-0.25, -0.2) is 0 Å². The third-order valence-corrected chi connectivity index (χ3v) is 6.34. The van der Waals surface area contributed by atoms with Crippen LogP contribution in [-0.2, 0) is 21.5 Å². The van der Waals surface area contributed by atoms with Gasteiger partial charge in [-0.2, -0.15) is 0 Å². The van der Waals surface area contributed by atoms with Gasteiger partial charge >= 0.3 is 0 Å². The molecule has 0 spiro atoms. The molecule has 4 rings (SSSR count). The molecule has 1 heterocycles. The van der Waals surface area contributed by atoms with E-state index in [9.17, 15) is 4.79 Å². The summed E-state index contributed by atoms with van der Waals surface area (Å²) in [5.74, 6) is 0.655. The number of ether oxygens (including phenoxy) is 1. The Labute approximate surface area is 156 Å². The minimum absolute atomic E-state index is 0.147. The van der Waals surface area contributed by atoms with Crippen molar-refractivity contribution in [2.75, 3.05) is 13.2 Å². The summed E-state index contributed by atoms with van der Waals surface area (Å²) in [6, 6.07) is 21.5. The minimum Gasteiger partial charge on any atom is -0.381 e. The van der Waals surface area contributed by atoms with Gasteiger partial charge in [-0.15, -0.1) is 0 Å². The Hall–Kier alpha value is -2.13. The van der Waals surface area contributed by atoms with Crippen molar-refractivity contribution in [2.45, 2.75) is 44.2 Å². The van der Waals surface area contributed by atoms with Gasteiger partial charge in [-0.05, 0) is 36.3 Å². The first kappa shape index (κ1) is 17.3. The van der Waals surface area contributed by atoms with Crippen molar-refractivity contribution >= 4 is 5.91 Å². The van der Waals surface area contributed by atoms with E-state index in [4.69, 9.17) is 4.74 Å². The van der Waals surface area contributed by atoms with E-state index < -0.39 is 0 Å². The zero-order valence-electron chi connectivity index (χ0n) is 15.4. The van der Waals surface area contributed by atoms with Crippen molar-refractivity contribution in [3.8, 4) is 0 Å². The first-order valence-electron chi connectivity index (χ1n) is 9.63. The van der Waals surface area contributed by atoms with Gasteiger partial charge in [0.2, 0.25) is 5.91 Å². The number of fused-ring (bicyclic) bond motifs is 1.